The third-order valence-electron chi connectivity index (χ3n) is 6.33. The second-order valence-electron chi connectivity index (χ2n) is 8.39. The molecule has 0 amide bonds. The molecule has 33 heavy (non-hydrogen) atoms. The van der Waals surface area contributed by atoms with Crippen LogP contribution in [0.5, 0.6) is 17.2 Å². The maximum absolute atomic E-state index is 12.5. The Kier molecular flexibility index (Phi) is 6.28. The van der Waals surface area contributed by atoms with Gasteiger partial charge in [0.05, 0.1) is 24.3 Å². The largest absolute Gasteiger partial charge is 0.497 e. The van der Waals surface area contributed by atoms with Gasteiger partial charge < -0.3 is 29.0 Å². The van der Waals surface area contributed by atoms with E-state index in [9.17, 15) is 4.79 Å². The molecule has 0 unspecified atom stereocenters. The number of rotatable bonds is 7. The topological polar surface area (TPSA) is 77.9 Å². The van der Waals surface area contributed by atoms with Crippen LogP contribution < -0.4 is 25.1 Å². The SMILES string of the molecule is COc1ccc2ncc(=O)n(CCN3CCC(NCc4ccc5c(c4)OC=CO5)CC3)c2c1. The van der Waals surface area contributed by atoms with Gasteiger partial charge >= 0.3 is 0 Å². The van der Waals surface area contributed by atoms with E-state index in [1.165, 1.54) is 11.8 Å². The van der Waals surface area contributed by atoms with E-state index >= 15 is 0 Å². The Morgan fingerprint density at radius 1 is 1.06 bits per heavy atom. The number of benzene rings is 2. The molecule has 8 nitrogen and oxygen atoms in total. The van der Waals surface area contributed by atoms with Crippen LogP contribution in [0.1, 0.15) is 18.4 Å². The molecule has 3 aromatic rings. The summed E-state index contributed by atoms with van der Waals surface area (Å²) in [7, 11) is 1.63. The number of nitrogens with one attached hydrogen (secondary N) is 1. The molecule has 3 heterocycles. The van der Waals surface area contributed by atoms with Crippen molar-refractivity contribution < 1.29 is 14.2 Å². The Morgan fingerprint density at radius 3 is 2.70 bits per heavy atom. The molecular formula is C25H28N4O4. The van der Waals surface area contributed by atoms with Crippen molar-refractivity contribution in [1.29, 1.82) is 0 Å². The van der Waals surface area contributed by atoms with Crippen molar-refractivity contribution >= 4 is 11.0 Å². The van der Waals surface area contributed by atoms with E-state index in [1.807, 2.05) is 30.3 Å². The van der Waals surface area contributed by atoms with Gasteiger partial charge in [-0.25, -0.2) is 4.98 Å². The van der Waals surface area contributed by atoms with Gasteiger partial charge in [0.15, 0.2) is 11.5 Å². The summed E-state index contributed by atoms with van der Waals surface area (Å²) in [6.07, 6.45) is 6.65. The summed E-state index contributed by atoms with van der Waals surface area (Å²) in [5.74, 6) is 2.22. The Bertz CT molecular complexity index is 1210. The highest BCUT2D eigenvalue weighted by molar-refractivity contribution is 5.76. The first-order valence-corrected chi connectivity index (χ1v) is 11.3. The predicted molar refractivity (Wildman–Crippen MR) is 126 cm³/mol. The number of hydrogen-bond donors (Lipinski definition) is 1. The summed E-state index contributed by atoms with van der Waals surface area (Å²) >= 11 is 0. The van der Waals surface area contributed by atoms with Crippen LogP contribution in [-0.2, 0) is 13.1 Å². The van der Waals surface area contributed by atoms with Crippen molar-refractivity contribution in [2.75, 3.05) is 26.7 Å². The minimum atomic E-state index is -0.0813. The van der Waals surface area contributed by atoms with Crippen LogP contribution in [0.3, 0.4) is 0 Å². The molecule has 1 saturated heterocycles. The molecule has 0 atom stereocenters. The first-order chi connectivity index (χ1) is 16.2. The summed E-state index contributed by atoms with van der Waals surface area (Å²) in [5, 5.41) is 3.67. The van der Waals surface area contributed by atoms with E-state index < -0.39 is 0 Å². The van der Waals surface area contributed by atoms with E-state index in [4.69, 9.17) is 14.2 Å². The van der Waals surface area contributed by atoms with Crippen LogP contribution in [0.4, 0.5) is 0 Å². The van der Waals surface area contributed by atoms with Crippen LogP contribution in [-0.4, -0.2) is 47.2 Å². The van der Waals surface area contributed by atoms with Crippen molar-refractivity contribution in [3.63, 3.8) is 0 Å². The van der Waals surface area contributed by atoms with Crippen LogP contribution in [0.2, 0.25) is 0 Å². The molecule has 1 fully saturated rings. The third kappa shape index (κ3) is 4.86. The molecule has 0 bridgehead atoms. The standard InChI is InChI=1S/C25H28N4O4/c1-31-20-3-4-21-22(15-20)29(25(30)17-27-21)11-10-28-8-6-19(7-9-28)26-16-18-2-5-23-24(14-18)33-13-12-32-23/h2-5,12-15,17,19,26H,6-11,16H2,1H3. The highest BCUT2D eigenvalue weighted by Crippen LogP contribution is 2.31. The normalized spacial score (nSPS) is 16.3. The molecule has 1 aromatic heterocycles. The van der Waals surface area contributed by atoms with E-state index in [-0.39, 0.29) is 5.56 Å². The van der Waals surface area contributed by atoms with Crippen molar-refractivity contribution in [3.8, 4) is 17.2 Å². The van der Waals surface area contributed by atoms with Gasteiger partial charge in [-0.2, -0.15) is 0 Å². The van der Waals surface area contributed by atoms with Gasteiger partial charge in [-0.1, -0.05) is 6.07 Å². The van der Waals surface area contributed by atoms with E-state index in [2.05, 4.69) is 21.3 Å². The molecule has 1 N–H and O–H groups in total. The van der Waals surface area contributed by atoms with Crippen LogP contribution in [0, 0.1) is 0 Å². The lowest BCUT2D eigenvalue weighted by molar-refractivity contribution is 0.191. The quantitative estimate of drug-likeness (QED) is 0.596. The summed E-state index contributed by atoms with van der Waals surface area (Å²) in [5.41, 5.74) is 2.71. The smallest absolute Gasteiger partial charge is 0.269 e. The lowest BCUT2D eigenvalue weighted by atomic mass is 10.0. The Balaban J connectivity index is 1.13. The molecule has 8 heteroatoms. The van der Waals surface area contributed by atoms with Crippen molar-refractivity contribution in [3.05, 3.63) is 71.0 Å². The molecule has 0 radical (unpaired) electrons. The lowest BCUT2D eigenvalue weighted by Gasteiger charge is -2.32. The van der Waals surface area contributed by atoms with E-state index in [0.717, 1.165) is 67.3 Å². The van der Waals surface area contributed by atoms with Gasteiger partial charge in [0.25, 0.3) is 5.56 Å². The van der Waals surface area contributed by atoms with Crippen molar-refractivity contribution in [2.45, 2.75) is 32.0 Å². The zero-order valence-corrected chi connectivity index (χ0v) is 18.7. The fourth-order valence-corrected chi connectivity index (χ4v) is 4.42. The molecule has 0 saturated carbocycles. The van der Waals surface area contributed by atoms with Gasteiger partial charge in [-0.3, -0.25) is 4.79 Å². The molecule has 2 aromatic carbocycles. The van der Waals surface area contributed by atoms with Crippen LogP contribution in [0.15, 0.2) is 59.9 Å². The lowest BCUT2D eigenvalue weighted by Crippen LogP contribution is -2.43. The molecule has 5 rings (SSSR count). The number of methoxy groups -OCH3 is 1. The highest BCUT2D eigenvalue weighted by Gasteiger charge is 2.19. The second kappa shape index (κ2) is 9.64. The predicted octanol–water partition coefficient (Wildman–Crippen LogP) is 2.90. The number of hydrogen-bond acceptors (Lipinski definition) is 7. The number of likely N-dealkylation sites (tertiary alicyclic amines) is 1. The van der Waals surface area contributed by atoms with Gasteiger partial charge in [-0.05, 0) is 55.8 Å². The fraction of sp³-hybridized carbons (Fsp3) is 0.360. The molecule has 0 aliphatic carbocycles. The average Bonchev–Trinajstić information content (AvgIpc) is 2.87. The number of piperidine rings is 1. The van der Waals surface area contributed by atoms with Crippen LogP contribution >= 0.6 is 0 Å². The summed E-state index contributed by atoms with van der Waals surface area (Å²) in [6, 6.07) is 12.1. The van der Waals surface area contributed by atoms with E-state index in [1.54, 1.807) is 24.2 Å². The zero-order chi connectivity index (χ0) is 22.6. The first-order valence-electron chi connectivity index (χ1n) is 11.3. The number of fused-ring (bicyclic) bond motifs is 2. The monoisotopic (exact) mass is 448 g/mol. The summed E-state index contributed by atoms with van der Waals surface area (Å²) < 4.78 is 18.1. The minimum Gasteiger partial charge on any atom is -0.497 e. The summed E-state index contributed by atoms with van der Waals surface area (Å²) in [4.78, 5) is 19.2. The summed E-state index contributed by atoms with van der Waals surface area (Å²) in [6.45, 7) is 4.27. The Hall–Kier alpha value is -3.36. The molecule has 2 aliphatic heterocycles. The second-order valence-corrected chi connectivity index (χ2v) is 8.39. The highest BCUT2D eigenvalue weighted by atomic mass is 16.5. The van der Waals surface area contributed by atoms with Crippen LogP contribution in [0.25, 0.3) is 11.0 Å². The average molecular weight is 449 g/mol. The first kappa shape index (κ1) is 21.5. The number of ether oxygens (including phenoxy) is 3. The molecular weight excluding hydrogens is 420 g/mol. The maximum Gasteiger partial charge on any atom is 0.269 e. The van der Waals surface area contributed by atoms with Gasteiger partial charge in [0.2, 0.25) is 0 Å². The zero-order valence-electron chi connectivity index (χ0n) is 18.7. The Morgan fingerprint density at radius 2 is 1.88 bits per heavy atom. The number of aromatic nitrogens is 2. The van der Waals surface area contributed by atoms with E-state index in [0.29, 0.717) is 12.6 Å². The van der Waals surface area contributed by atoms with Crippen molar-refractivity contribution in [2.24, 2.45) is 0 Å². The van der Waals surface area contributed by atoms with Gasteiger partial charge in [-0.15, -0.1) is 0 Å². The third-order valence-corrected chi connectivity index (χ3v) is 6.33. The van der Waals surface area contributed by atoms with Crippen molar-refractivity contribution in [1.82, 2.24) is 19.8 Å². The Labute approximate surface area is 192 Å². The maximum atomic E-state index is 12.5. The van der Waals surface area contributed by atoms with Gasteiger partial charge in [0.1, 0.15) is 18.3 Å². The minimum absolute atomic E-state index is 0.0813. The number of nitrogens with zero attached hydrogens (tertiary/aromatic N) is 3. The van der Waals surface area contributed by atoms with Gasteiger partial charge in [0, 0.05) is 31.7 Å². The molecule has 172 valence electrons. The molecule has 2 aliphatic rings. The fourth-order valence-electron chi connectivity index (χ4n) is 4.42. The molecule has 0 spiro atoms.